The van der Waals surface area contributed by atoms with Crippen molar-refractivity contribution in [1.29, 1.82) is 0 Å². The second kappa shape index (κ2) is 6.48. The number of nitrogens with one attached hydrogen (secondary N) is 2. The van der Waals surface area contributed by atoms with Crippen molar-refractivity contribution in [3.63, 3.8) is 0 Å². The first-order valence-electron chi connectivity index (χ1n) is 5.67. The topological polar surface area (TPSA) is 110 Å². The van der Waals surface area contributed by atoms with Gasteiger partial charge in [0.2, 0.25) is 5.91 Å². The molecule has 1 unspecified atom stereocenters. The summed E-state index contributed by atoms with van der Waals surface area (Å²) in [4.78, 5) is 22.2. The lowest BCUT2D eigenvalue weighted by Crippen LogP contribution is -2.38. The lowest BCUT2D eigenvalue weighted by Gasteiger charge is -2.13. The summed E-state index contributed by atoms with van der Waals surface area (Å²) in [6, 6.07) is 6.59. The van der Waals surface area contributed by atoms with Gasteiger partial charge in [-0.15, -0.1) is 0 Å². The molecule has 0 aromatic heterocycles. The van der Waals surface area contributed by atoms with Gasteiger partial charge in [-0.25, -0.2) is 4.79 Å². The number of nitrogen functional groups attached to an aromatic ring is 1. The Bertz CT molecular complexity index is 434. The molecule has 6 N–H and O–H groups in total. The van der Waals surface area contributed by atoms with Crippen molar-refractivity contribution in [2.45, 2.75) is 12.8 Å². The summed E-state index contributed by atoms with van der Waals surface area (Å²) in [7, 11) is 0. The quantitative estimate of drug-likeness (QED) is 0.441. The molecule has 1 atom stereocenters. The van der Waals surface area contributed by atoms with Crippen molar-refractivity contribution in [3.8, 4) is 0 Å². The van der Waals surface area contributed by atoms with Crippen LogP contribution in [0.15, 0.2) is 24.3 Å². The highest BCUT2D eigenvalue weighted by Crippen LogP contribution is 2.17. The molecule has 18 heavy (non-hydrogen) atoms. The molecule has 0 aliphatic carbocycles. The third-order valence-electron chi connectivity index (χ3n) is 2.53. The maximum absolute atomic E-state index is 11.8. The van der Waals surface area contributed by atoms with E-state index in [0.717, 1.165) is 5.56 Å². The van der Waals surface area contributed by atoms with E-state index in [1.807, 2.05) is 12.1 Å². The molecule has 6 heteroatoms. The van der Waals surface area contributed by atoms with Crippen LogP contribution in [0.4, 0.5) is 10.5 Å². The van der Waals surface area contributed by atoms with E-state index in [4.69, 9.17) is 11.5 Å². The number of anilines is 1. The largest absolute Gasteiger partial charge is 0.399 e. The summed E-state index contributed by atoms with van der Waals surface area (Å²) >= 11 is 0. The van der Waals surface area contributed by atoms with E-state index < -0.39 is 6.03 Å². The van der Waals surface area contributed by atoms with Gasteiger partial charge in [0.1, 0.15) is 0 Å². The third kappa shape index (κ3) is 4.32. The number of rotatable bonds is 5. The number of benzene rings is 1. The van der Waals surface area contributed by atoms with Gasteiger partial charge in [0.05, 0.1) is 5.92 Å². The monoisotopic (exact) mass is 250 g/mol. The first-order valence-corrected chi connectivity index (χ1v) is 5.67. The predicted molar refractivity (Wildman–Crippen MR) is 69.9 cm³/mol. The number of nitrogens with two attached hydrogens (primary N) is 2. The smallest absolute Gasteiger partial charge is 0.312 e. The van der Waals surface area contributed by atoms with Gasteiger partial charge in [0.15, 0.2) is 0 Å². The maximum atomic E-state index is 11.8. The van der Waals surface area contributed by atoms with Gasteiger partial charge in [0, 0.05) is 18.8 Å². The van der Waals surface area contributed by atoms with Crippen molar-refractivity contribution in [1.82, 2.24) is 10.6 Å². The van der Waals surface area contributed by atoms with E-state index in [1.54, 1.807) is 19.1 Å². The van der Waals surface area contributed by atoms with Crippen molar-refractivity contribution in [2.75, 3.05) is 18.8 Å². The van der Waals surface area contributed by atoms with E-state index >= 15 is 0 Å². The lowest BCUT2D eigenvalue weighted by atomic mass is 10.00. The number of carbonyl (C=O) groups excluding carboxylic acids is 2. The standard InChI is InChI=1S/C12H18N4O2/c1-8(9-3-2-4-10(13)7-9)11(17)15-5-6-16-12(14)18/h2-4,7-8H,5-6,13H2,1H3,(H,15,17)(H3,14,16,18). The van der Waals surface area contributed by atoms with E-state index in [2.05, 4.69) is 10.6 Å². The molecule has 0 heterocycles. The number of amides is 3. The fourth-order valence-electron chi connectivity index (χ4n) is 1.50. The van der Waals surface area contributed by atoms with Crippen LogP contribution in [0, 0.1) is 0 Å². The summed E-state index contributed by atoms with van der Waals surface area (Å²) < 4.78 is 0. The maximum Gasteiger partial charge on any atom is 0.312 e. The first kappa shape index (κ1) is 13.8. The molecule has 3 amide bonds. The summed E-state index contributed by atoms with van der Waals surface area (Å²) in [5.74, 6) is -0.408. The number of urea groups is 1. The number of hydrogen-bond donors (Lipinski definition) is 4. The Balaban J connectivity index is 2.44. The predicted octanol–water partition coefficient (Wildman–Crippen LogP) is 0.157. The van der Waals surface area contributed by atoms with Gasteiger partial charge in [0.25, 0.3) is 0 Å². The van der Waals surface area contributed by atoms with Crippen LogP contribution in [-0.2, 0) is 4.79 Å². The minimum Gasteiger partial charge on any atom is -0.399 e. The molecule has 0 bridgehead atoms. The second-order valence-corrected chi connectivity index (χ2v) is 3.97. The van der Waals surface area contributed by atoms with E-state index in [9.17, 15) is 9.59 Å². The molecule has 6 nitrogen and oxygen atoms in total. The van der Waals surface area contributed by atoms with E-state index in [1.165, 1.54) is 0 Å². The van der Waals surface area contributed by atoms with E-state index in [0.29, 0.717) is 18.8 Å². The molecule has 1 aromatic carbocycles. The van der Waals surface area contributed by atoms with Crippen LogP contribution >= 0.6 is 0 Å². The molecule has 98 valence electrons. The first-order chi connectivity index (χ1) is 8.50. The van der Waals surface area contributed by atoms with Crippen LogP contribution in [0.1, 0.15) is 18.4 Å². The van der Waals surface area contributed by atoms with Crippen LogP contribution < -0.4 is 22.1 Å². The number of hydrogen-bond acceptors (Lipinski definition) is 3. The molecule has 0 aliphatic rings. The number of carbonyl (C=O) groups is 2. The zero-order valence-corrected chi connectivity index (χ0v) is 10.3. The zero-order chi connectivity index (χ0) is 13.5. The van der Waals surface area contributed by atoms with Crippen molar-refractivity contribution < 1.29 is 9.59 Å². The van der Waals surface area contributed by atoms with Crippen LogP contribution in [0.2, 0.25) is 0 Å². The summed E-state index contributed by atoms with van der Waals surface area (Å²) in [6.45, 7) is 2.45. The third-order valence-corrected chi connectivity index (χ3v) is 2.53. The average Bonchev–Trinajstić information content (AvgIpc) is 2.33. The fourth-order valence-corrected chi connectivity index (χ4v) is 1.50. The Morgan fingerprint density at radius 2 is 1.94 bits per heavy atom. The summed E-state index contributed by atoms with van der Waals surface area (Å²) in [5.41, 5.74) is 12.0. The van der Waals surface area contributed by atoms with Gasteiger partial charge >= 0.3 is 6.03 Å². The Morgan fingerprint density at radius 1 is 1.28 bits per heavy atom. The van der Waals surface area contributed by atoms with Crippen LogP contribution in [0.5, 0.6) is 0 Å². The molecular weight excluding hydrogens is 232 g/mol. The van der Waals surface area contributed by atoms with Gasteiger partial charge in [-0.2, -0.15) is 0 Å². The molecule has 0 saturated heterocycles. The average molecular weight is 250 g/mol. The van der Waals surface area contributed by atoms with Crippen molar-refractivity contribution in [3.05, 3.63) is 29.8 Å². The Labute approximate surface area is 106 Å². The van der Waals surface area contributed by atoms with Crippen LogP contribution in [-0.4, -0.2) is 25.0 Å². The molecule has 0 aliphatic heterocycles. The highest BCUT2D eigenvalue weighted by Gasteiger charge is 2.14. The van der Waals surface area contributed by atoms with Gasteiger partial charge in [-0.05, 0) is 24.6 Å². The van der Waals surface area contributed by atoms with Crippen LogP contribution in [0.25, 0.3) is 0 Å². The molecule has 0 radical (unpaired) electrons. The van der Waals surface area contributed by atoms with Gasteiger partial charge in [-0.3, -0.25) is 4.79 Å². The van der Waals surface area contributed by atoms with E-state index in [-0.39, 0.29) is 11.8 Å². The minimum atomic E-state index is -0.604. The SMILES string of the molecule is CC(C(=O)NCCNC(N)=O)c1cccc(N)c1. The Kier molecular flexibility index (Phi) is 4.98. The van der Waals surface area contributed by atoms with Crippen molar-refractivity contribution >= 4 is 17.6 Å². The van der Waals surface area contributed by atoms with Crippen molar-refractivity contribution in [2.24, 2.45) is 5.73 Å². The normalized spacial score (nSPS) is 11.6. The number of primary amides is 1. The minimum absolute atomic E-state index is 0.119. The fraction of sp³-hybridized carbons (Fsp3) is 0.333. The Morgan fingerprint density at radius 3 is 2.56 bits per heavy atom. The Hall–Kier alpha value is -2.24. The highest BCUT2D eigenvalue weighted by atomic mass is 16.2. The molecule has 1 rings (SSSR count). The lowest BCUT2D eigenvalue weighted by molar-refractivity contribution is -0.122. The molecular formula is C12H18N4O2. The van der Waals surface area contributed by atoms with Crippen LogP contribution in [0.3, 0.4) is 0 Å². The zero-order valence-electron chi connectivity index (χ0n) is 10.3. The van der Waals surface area contributed by atoms with Gasteiger partial charge < -0.3 is 22.1 Å². The second-order valence-electron chi connectivity index (χ2n) is 3.97. The molecule has 1 aromatic rings. The summed E-state index contributed by atoms with van der Waals surface area (Å²) in [5, 5.41) is 5.10. The van der Waals surface area contributed by atoms with Gasteiger partial charge in [-0.1, -0.05) is 12.1 Å². The molecule has 0 saturated carbocycles. The highest BCUT2D eigenvalue weighted by molar-refractivity contribution is 5.83. The molecule has 0 fully saturated rings. The molecule has 0 spiro atoms. The summed E-state index contributed by atoms with van der Waals surface area (Å²) in [6.07, 6.45) is 0.